The summed E-state index contributed by atoms with van der Waals surface area (Å²) in [4.78, 5) is 0. The van der Waals surface area contributed by atoms with Crippen molar-refractivity contribution in [2.45, 2.75) is 58.3 Å². The predicted octanol–water partition coefficient (Wildman–Crippen LogP) is 3.25. The van der Waals surface area contributed by atoms with Crippen LogP contribution in [0.2, 0.25) is 0 Å². The van der Waals surface area contributed by atoms with E-state index < -0.39 is 0 Å². The van der Waals surface area contributed by atoms with Gasteiger partial charge in [0.2, 0.25) is 0 Å². The monoisotopic (exact) mass is 278 g/mol. The molecular weight excluding hydrogens is 251 g/mol. The molecule has 0 aromatic heterocycles. The van der Waals surface area contributed by atoms with Crippen molar-refractivity contribution in [2.24, 2.45) is 0 Å². The van der Waals surface area contributed by atoms with Gasteiger partial charge in [-0.25, -0.2) is 0 Å². The summed E-state index contributed by atoms with van der Waals surface area (Å²) in [5.41, 5.74) is 1.52. The number of unbranched alkanes of at least 4 members (excludes halogenated alkanes) is 6. The van der Waals surface area contributed by atoms with Gasteiger partial charge >= 0.3 is 29.6 Å². The molecule has 0 heterocycles. The third kappa shape index (κ3) is 5.60. The van der Waals surface area contributed by atoms with Crippen molar-refractivity contribution in [1.82, 2.24) is 0 Å². The summed E-state index contributed by atoms with van der Waals surface area (Å²) < 4.78 is 0. The second-order valence-corrected chi connectivity index (χ2v) is 5.51. The molecule has 0 aliphatic heterocycles. The van der Waals surface area contributed by atoms with E-state index in [9.17, 15) is 0 Å². The first-order valence-corrected chi connectivity index (χ1v) is 7.88. The van der Waals surface area contributed by atoms with Gasteiger partial charge in [-0.3, -0.25) is 0 Å². The van der Waals surface area contributed by atoms with E-state index in [2.05, 4.69) is 49.4 Å². The van der Waals surface area contributed by atoms with Gasteiger partial charge in [0.25, 0.3) is 0 Å². The first kappa shape index (κ1) is 17.8. The van der Waals surface area contributed by atoms with Gasteiger partial charge in [0.05, 0.1) is 0 Å². The van der Waals surface area contributed by atoms with Gasteiger partial charge in [-0.2, -0.15) is 0 Å². The van der Waals surface area contributed by atoms with Crippen LogP contribution in [0.25, 0.3) is 10.8 Å². The zero-order valence-electron chi connectivity index (χ0n) is 14.2. The van der Waals surface area contributed by atoms with Gasteiger partial charge in [-0.05, 0) is 29.2 Å². The van der Waals surface area contributed by atoms with E-state index in [0.717, 1.165) is 0 Å². The van der Waals surface area contributed by atoms with Crippen molar-refractivity contribution in [3.8, 4) is 0 Å². The van der Waals surface area contributed by atoms with Crippen LogP contribution in [0.5, 0.6) is 0 Å². The summed E-state index contributed by atoms with van der Waals surface area (Å²) in [5.74, 6) is 0. The van der Waals surface area contributed by atoms with Crippen molar-refractivity contribution in [3.63, 3.8) is 0 Å². The molecule has 2 rings (SSSR count). The second kappa shape index (κ2) is 10.4. The van der Waals surface area contributed by atoms with Crippen LogP contribution in [0.4, 0.5) is 0 Å². The molecule has 0 radical (unpaired) electrons. The minimum absolute atomic E-state index is 0. The molecule has 104 valence electrons. The Labute approximate surface area is 147 Å². The summed E-state index contributed by atoms with van der Waals surface area (Å²) in [6, 6.07) is 15.4. The van der Waals surface area contributed by atoms with Gasteiger partial charge in [-0.15, -0.1) is 0 Å². The van der Waals surface area contributed by atoms with Gasteiger partial charge in [0.15, 0.2) is 0 Å². The number of rotatable bonds is 8. The molecule has 0 saturated carbocycles. The van der Waals surface area contributed by atoms with Gasteiger partial charge < -0.3 is 1.43 Å². The maximum Gasteiger partial charge on any atom is 1.00 e. The Hall–Kier alpha value is -0.300. The molecule has 0 unspecified atom stereocenters. The number of hydrogen-bond acceptors (Lipinski definition) is 0. The number of aryl methyl sites for hydroxylation is 1. The largest absolute Gasteiger partial charge is 1.00 e. The smallest absolute Gasteiger partial charge is 1.00 e. The molecule has 0 aliphatic carbocycles. The van der Waals surface area contributed by atoms with E-state index in [1.165, 1.54) is 67.7 Å². The molecule has 0 amide bonds. The number of hydrogen-bond donors (Lipinski definition) is 0. The van der Waals surface area contributed by atoms with Crippen molar-refractivity contribution in [2.75, 3.05) is 0 Å². The molecule has 0 spiro atoms. The van der Waals surface area contributed by atoms with Crippen LogP contribution >= 0.6 is 0 Å². The standard InChI is InChI=1S/C19H26.Na.H/c1-2-3-4-5-6-7-8-12-17-14-11-15-18-13-9-10-16-19(17)18;;/h9-11,13-16H,2-8,12H2,1H3;;/q;+1;-1. The average molecular weight is 278 g/mol. The minimum Gasteiger partial charge on any atom is -1.00 e. The Kier molecular flexibility index (Phi) is 9.26. The van der Waals surface area contributed by atoms with E-state index in [1.54, 1.807) is 0 Å². The van der Waals surface area contributed by atoms with Gasteiger partial charge in [0.1, 0.15) is 0 Å². The van der Waals surface area contributed by atoms with Crippen LogP contribution in [0.3, 0.4) is 0 Å². The first-order chi connectivity index (χ1) is 9.42. The Bertz CT molecular complexity index is 490. The molecule has 0 atom stereocenters. The van der Waals surface area contributed by atoms with Crippen LogP contribution in [0, 0.1) is 0 Å². The first-order valence-electron chi connectivity index (χ1n) is 7.88. The topological polar surface area (TPSA) is 0 Å². The Morgan fingerprint density at radius 2 is 1.40 bits per heavy atom. The van der Waals surface area contributed by atoms with E-state index in [-0.39, 0.29) is 31.0 Å². The summed E-state index contributed by atoms with van der Waals surface area (Å²) in [7, 11) is 0. The molecule has 1 heteroatoms. The predicted molar refractivity (Wildman–Crippen MR) is 86.8 cm³/mol. The summed E-state index contributed by atoms with van der Waals surface area (Å²) in [5, 5.41) is 2.82. The summed E-state index contributed by atoms with van der Waals surface area (Å²) in [6.45, 7) is 2.28. The molecule has 0 bridgehead atoms. The fourth-order valence-electron chi connectivity index (χ4n) is 2.78. The number of benzene rings is 2. The molecule has 0 fully saturated rings. The summed E-state index contributed by atoms with van der Waals surface area (Å²) >= 11 is 0. The normalized spacial score (nSPS) is 10.4. The molecular formula is C19H27Na. The zero-order valence-corrected chi connectivity index (χ0v) is 15.2. The molecule has 0 nitrogen and oxygen atoms in total. The third-order valence-electron chi connectivity index (χ3n) is 3.93. The van der Waals surface area contributed by atoms with Crippen molar-refractivity contribution < 1.29 is 31.0 Å². The minimum atomic E-state index is 0. The molecule has 20 heavy (non-hydrogen) atoms. The van der Waals surface area contributed by atoms with Crippen LogP contribution in [0.15, 0.2) is 42.5 Å². The van der Waals surface area contributed by atoms with Crippen LogP contribution < -0.4 is 29.6 Å². The Morgan fingerprint density at radius 1 is 0.750 bits per heavy atom. The van der Waals surface area contributed by atoms with E-state index in [1.807, 2.05) is 0 Å². The van der Waals surface area contributed by atoms with Crippen LogP contribution in [-0.4, -0.2) is 0 Å². The Morgan fingerprint density at radius 3 is 2.20 bits per heavy atom. The SMILES string of the molecule is CCCCCCCCCc1cccc2ccccc12.[H-].[Na+]. The fourth-order valence-corrected chi connectivity index (χ4v) is 2.78. The van der Waals surface area contributed by atoms with Crippen LogP contribution in [-0.2, 0) is 6.42 Å². The maximum atomic E-state index is 2.29. The molecule has 0 saturated heterocycles. The second-order valence-electron chi connectivity index (χ2n) is 5.51. The van der Waals surface area contributed by atoms with E-state index >= 15 is 0 Å². The average Bonchev–Trinajstić information content (AvgIpc) is 2.46. The fraction of sp³-hybridized carbons (Fsp3) is 0.474. The van der Waals surface area contributed by atoms with Crippen molar-refractivity contribution in [3.05, 3.63) is 48.0 Å². The Balaban J connectivity index is 0.00000200. The summed E-state index contributed by atoms with van der Waals surface area (Å²) in [6.07, 6.45) is 10.9. The molecule has 0 aliphatic rings. The van der Waals surface area contributed by atoms with E-state index in [4.69, 9.17) is 0 Å². The molecule has 2 aromatic rings. The van der Waals surface area contributed by atoms with E-state index in [0.29, 0.717) is 0 Å². The van der Waals surface area contributed by atoms with Crippen molar-refractivity contribution in [1.29, 1.82) is 0 Å². The zero-order chi connectivity index (χ0) is 13.3. The third-order valence-corrected chi connectivity index (χ3v) is 3.93. The van der Waals surface area contributed by atoms with Gasteiger partial charge in [-0.1, -0.05) is 87.9 Å². The molecule has 0 N–H and O–H groups in total. The van der Waals surface area contributed by atoms with Gasteiger partial charge in [0, 0.05) is 0 Å². The number of fused-ring (bicyclic) bond motifs is 1. The quantitative estimate of drug-likeness (QED) is 0.513. The van der Waals surface area contributed by atoms with Crippen LogP contribution in [0.1, 0.15) is 58.9 Å². The van der Waals surface area contributed by atoms with Crippen molar-refractivity contribution >= 4 is 10.8 Å². The maximum absolute atomic E-state index is 2.29. The molecule has 2 aromatic carbocycles.